The molecule has 15 heavy (non-hydrogen) atoms. The van der Waals surface area contributed by atoms with E-state index in [4.69, 9.17) is 0 Å². The van der Waals surface area contributed by atoms with Crippen LogP contribution in [-0.2, 0) is 6.42 Å². The number of anilines is 1. The molecule has 0 aromatic carbocycles. The zero-order valence-electron chi connectivity index (χ0n) is 9.69. The van der Waals surface area contributed by atoms with Gasteiger partial charge in [-0.25, -0.2) is 9.97 Å². The highest BCUT2D eigenvalue weighted by Crippen LogP contribution is 2.12. The van der Waals surface area contributed by atoms with E-state index in [0.29, 0.717) is 17.4 Å². The highest BCUT2D eigenvalue weighted by molar-refractivity contribution is 5.76. The smallest absolute Gasteiger partial charge is 0.225 e. The number of aldehydes is 1. The molecule has 0 aliphatic carbocycles. The summed E-state index contributed by atoms with van der Waals surface area (Å²) in [5.41, 5.74) is 1.42. The maximum Gasteiger partial charge on any atom is 0.225 e. The highest BCUT2D eigenvalue weighted by Gasteiger charge is 2.09. The molecular formula is C11H17N3O. The van der Waals surface area contributed by atoms with Gasteiger partial charge in [-0.2, -0.15) is 0 Å². The minimum Gasteiger partial charge on any atom is -0.347 e. The number of carbonyl (C=O) groups is 1. The van der Waals surface area contributed by atoms with Crippen LogP contribution in [0.1, 0.15) is 29.9 Å². The summed E-state index contributed by atoms with van der Waals surface area (Å²) in [5, 5.41) is 0. The van der Waals surface area contributed by atoms with Crippen LogP contribution < -0.4 is 4.90 Å². The predicted molar refractivity (Wildman–Crippen MR) is 60.3 cm³/mol. The molecule has 0 aliphatic heterocycles. The summed E-state index contributed by atoms with van der Waals surface area (Å²) in [7, 11) is 3.77. The van der Waals surface area contributed by atoms with E-state index < -0.39 is 0 Å². The fraction of sp³-hybridized carbons (Fsp3) is 0.545. The van der Waals surface area contributed by atoms with E-state index in [2.05, 4.69) is 23.8 Å². The molecule has 0 spiro atoms. The molecule has 4 heteroatoms. The third-order valence-corrected chi connectivity index (χ3v) is 2.02. The van der Waals surface area contributed by atoms with Crippen LogP contribution in [0, 0.1) is 5.92 Å². The molecule has 82 valence electrons. The van der Waals surface area contributed by atoms with Gasteiger partial charge in [0.25, 0.3) is 0 Å². The van der Waals surface area contributed by atoms with Crippen molar-refractivity contribution in [3.05, 3.63) is 17.5 Å². The number of hydrogen-bond donors (Lipinski definition) is 0. The fourth-order valence-corrected chi connectivity index (χ4v) is 1.28. The van der Waals surface area contributed by atoms with Gasteiger partial charge in [0, 0.05) is 20.3 Å². The van der Waals surface area contributed by atoms with Gasteiger partial charge in [-0.1, -0.05) is 13.8 Å². The van der Waals surface area contributed by atoms with E-state index in [-0.39, 0.29) is 0 Å². The minimum atomic E-state index is 0.480. The van der Waals surface area contributed by atoms with Crippen molar-refractivity contribution in [2.24, 2.45) is 5.92 Å². The molecule has 0 unspecified atom stereocenters. The van der Waals surface area contributed by atoms with Crippen LogP contribution in [0.5, 0.6) is 0 Å². The van der Waals surface area contributed by atoms with E-state index in [1.807, 2.05) is 19.0 Å². The Balaban J connectivity index is 3.07. The number of hydrogen-bond acceptors (Lipinski definition) is 4. The van der Waals surface area contributed by atoms with Crippen molar-refractivity contribution >= 4 is 12.2 Å². The first-order chi connectivity index (χ1) is 7.04. The SMILES string of the molecule is CC(C)Cc1nc(N(C)C)ncc1C=O. The Bertz CT molecular complexity index is 348. The first-order valence-electron chi connectivity index (χ1n) is 5.03. The number of carbonyl (C=O) groups excluding carboxylic acids is 1. The average molecular weight is 207 g/mol. The van der Waals surface area contributed by atoms with Crippen molar-refractivity contribution < 1.29 is 4.79 Å². The Labute approximate surface area is 90.3 Å². The zero-order valence-corrected chi connectivity index (χ0v) is 9.69. The Morgan fingerprint density at radius 1 is 1.47 bits per heavy atom. The molecule has 0 bridgehead atoms. The second-order valence-electron chi connectivity index (χ2n) is 4.18. The highest BCUT2D eigenvalue weighted by atomic mass is 16.1. The van der Waals surface area contributed by atoms with Gasteiger partial charge < -0.3 is 4.90 Å². The summed E-state index contributed by atoms with van der Waals surface area (Å²) in [4.78, 5) is 21.1. The zero-order chi connectivity index (χ0) is 11.4. The van der Waals surface area contributed by atoms with Crippen molar-refractivity contribution in [1.29, 1.82) is 0 Å². The molecule has 0 N–H and O–H groups in total. The van der Waals surface area contributed by atoms with E-state index >= 15 is 0 Å². The van der Waals surface area contributed by atoms with Crippen LogP contribution in [-0.4, -0.2) is 30.3 Å². The summed E-state index contributed by atoms with van der Waals surface area (Å²) in [6.07, 6.45) is 3.21. The molecule has 1 heterocycles. The minimum absolute atomic E-state index is 0.480. The molecule has 1 aromatic heterocycles. The molecule has 1 rings (SSSR count). The molecule has 0 aliphatic rings. The topological polar surface area (TPSA) is 46.1 Å². The largest absolute Gasteiger partial charge is 0.347 e. The summed E-state index contributed by atoms with van der Waals surface area (Å²) in [6.45, 7) is 4.21. The Morgan fingerprint density at radius 2 is 2.13 bits per heavy atom. The summed E-state index contributed by atoms with van der Waals surface area (Å²) < 4.78 is 0. The van der Waals surface area contributed by atoms with Crippen LogP contribution in [0.2, 0.25) is 0 Å². The average Bonchev–Trinajstić information content (AvgIpc) is 2.16. The Kier molecular flexibility index (Phi) is 3.77. The van der Waals surface area contributed by atoms with E-state index in [1.54, 1.807) is 6.20 Å². The first kappa shape index (κ1) is 11.6. The van der Waals surface area contributed by atoms with Gasteiger partial charge in [0.2, 0.25) is 5.95 Å². The molecule has 0 saturated heterocycles. The lowest BCUT2D eigenvalue weighted by Gasteiger charge is -2.13. The van der Waals surface area contributed by atoms with Gasteiger partial charge in [0.15, 0.2) is 6.29 Å². The molecule has 0 amide bonds. The van der Waals surface area contributed by atoms with E-state index in [9.17, 15) is 4.79 Å². The normalized spacial score (nSPS) is 10.5. The molecule has 0 atom stereocenters. The lowest BCUT2D eigenvalue weighted by atomic mass is 10.1. The molecule has 1 aromatic rings. The van der Waals surface area contributed by atoms with Gasteiger partial charge >= 0.3 is 0 Å². The number of nitrogens with zero attached hydrogens (tertiary/aromatic N) is 3. The van der Waals surface area contributed by atoms with Gasteiger partial charge in [-0.3, -0.25) is 4.79 Å². The number of rotatable bonds is 4. The lowest BCUT2D eigenvalue weighted by Crippen LogP contribution is -2.15. The molecule has 4 nitrogen and oxygen atoms in total. The summed E-state index contributed by atoms with van der Waals surface area (Å²) >= 11 is 0. The second kappa shape index (κ2) is 4.87. The third kappa shape index (κ3) is 3.01. The van der Waals surface area contributed by atoms with Crippen molar-refractivity contribution in [2.75, 3.05) is 19.0 Å². The van der Waals surface area contributed by atoms with E-state index in [1.165, 1.54) is 0 Å². The van der Waals surface area contributed by atoms with E-state index in [0.717, 1.165) is 18.4 Å². The number of aromatic nitrogens is 2. The summed E-state index contributed by atoms with van der Waals surface area (Å²) in [5.74, 6) is 1.13. The Hall–Kier alpha value is -1.45. The molecule has 0 fully saturated rings. The standard InChI is InChI=1S/C11H17N3O/c1-8(2)5-10-9(7-15)6-12-11(13-10)14(3)4/h6-8H,5H2,1-4H3. The van der Waals surface area contributed by atoms with Crippen LogP contribution in [0.25, 0.3) is 0 Å². The first-order valence-corrected chi connectivity index (χ1v) is 5.03. The quantitative estimate of drug-likeness (QED) is 0.703. The fourth-order valence-electron chi connectivity index (χ4n) is 1.28. The van der Waals surface area contributed by atoms with Gasteiger partial charge in [-0.15, -0.1) is 0 Å². The van der Waals surface area contributed by atoms with Crippen molar-refractivity contribution in [3.63, 3.8) is 0 Å². The van der Waals surface area contributed by atoms with Gasteiger partial charge in [-0.05, 0) is 12.3 Å². The maximum absolute atomic E-state index is 10.8. The molecule has 0 radical (unpaired) electrons. The van der Waals surface area contributed by atoms with Crippen molar-refractivity contribution in [2.45, 2.75) is 20.3 Å². The van der Waals surface area contributed by atoms with Crippen LogP contribution in [0.3, 0.4) is 0 Å². The van der Waals surface area contributed by atoms with Crippen molar-refractivity contribution in [1.82, 2.24) is 9.97 Å². The lowest BCUT2D eigenvalue weighted by molar-refractivity contribution is 0.112. The van der Waals surface area contributed by atoms with Crippen molar-refractivity contribution in [3.8, 4) is 0 Å². The van der Waals surface area contributed by atoms with Crippen LogP contribution in [0.4, 0.5) is 5.95 Å². The van der Waals surface area contributed by atoms with Gasteiger partial charge in [0.1, 0.15) is 0 Å². The molecular weight excluding hydrogens is 190 g/mol. The molecule has 0 saturated carbocycles. The third-order valence-electron chi connectivity index (χ3n) is 2.02. The van der Waals surface area contributed by atoms with Gasteiger partial charge in [0.05, 0.1) is 11.3 Å². The second-order valence-corrected chi connectivity index (χ2v) is 4.18. The monoisotopic (exact) mass is 207 g/mol. The Morgan fingerprint density at radius 3 is 2.60 bits per heavy atom. The maximum atomic E-state index is 10.8. The summed E-state index contributed by atoms with van der Waals surface area (Å²) in [6, 6.07) is 0. The predicted octanol–water partition coefficient (Wildman–Crippen LogP) is 1.55. The van der Waals surface area contributed by atoms with Crippen LogP contribution in [0.15, 0.2) is 6.20 Å². The van der Waals surface area contributed by atoms with Crippen LogP contribution >= 0.6 is 0 Å².